The summed E-state index contributed by atoms with van der Waals surface area (Å²) in [5, 5.41) is 5.19. The van der Waals surface area contributed by atoms with Crippen LogP contribution in [0.3, 0.4) is 0 Å². The minimum atomic E-state index is 0.0654. The Bertz CT molecular complexity index is 633. The normalized spacial score (nSPS) is 21.8. The van der Waals surface area contributed by atoms with E-state index in [0.717, 1.165) is 35.7 Å². The molecular weight excluding hydrogens is 291 g/mol. The van der Waals surface area contributed by atoms with Crippen molar-refractivity contribution in [3.05, 3.63) is 51.8 Å². The van der Waals surface area contributed by atoms with Crippen molar-refractivity contribution in [2.24, 2.45) is 13.0 Å². The van der Waals surface area contributed by atoms with Gasteiger partial charge in [0.2, 0.25) is 0 Å². The van der Waals surface area contributed by atoms with Crippen molar-refractivity contribution in [1.82, 2.24) is 9.78 Å². The molecule has 1 aromatic carbocycles. The number of aryl methyl sites for hydroxylation is 3. The topological polar surface area (TPSA) is 17.8 Å². The van der Waals surface area contributed by atoms with E-state index in [0.29, 0.717) is 5.92 Å². The van der Waals surface area contributed by atoms with E-state index in [4.69, 9.17) is 23.2 Å². The standard InChI is InChI=1S/C16H18Cl2N2/c1-10-14(16(18)20(2)19-10)9-12-8-7-11-5-3-4-6-13(11)15(12)17/h3-6,12,15H,7-9H2,1-2H3. The molecule has 1 aromatic heterocycles. The monoisotopic (exact) mass is 308 g/mol. The van der Waals surface area contributed by atoms with Gasteiger partial charge in [0, 0.05) is 12.6 Å². The summed E-state index contributed by atoms with van der Waals surface area (Å²) in [6.07, 6.45) is 3.11. The lowest BCUT2D eigenvalue weighted by Gasteiger charge is -2.29. The van der Waals surface area contributed by atoms with Gasteiger partial charge in [-0.25, -0.2) is 0 Å². The Kier molecular flexibility index (Phi) is 3.78. The van der Waals surface area contributed by atoms with Crippen LogP contribution in [-0.2, 0) is 19.9 Å². The fourth-order valence-corrected chi connectivity index (χ4v) is 3.83. The quantitative estimate of drug-likeness (QED) is 0.749. The zero-order valence-electron chi connectivity index (χ0n) is 11.7. The number of aromatic nitrogens is 2. The van der Waals surface area contributed by atoms with Crippen LogP contribution < -0.4 is 0 Å². The molecule has 0 fully saturated rings. The van der Waals surface area contributed by atoms with Crippen LogP contribution in [0.1, 0.15) is 34.2 Å². The van der Waals surface area contributed by atoms with Crippen LogP contribution in [0.5, 0.6) is 0 Å². The van der Waals surface area contributed by atoms with Crippen molar-refractivity contribution < 1.29 is 0 Å². The molecule has 2 aromatic rings. The molecule has 1 aliphatic rings. The van der Waals surface area contributed by atoms with Gasteiger partial charge in [-0.05, 0) is 43.2 Å². The van der Waals surface area contributed by atoms with Gasteiger partial charge in [0.1, 0.15) is 5.15 Å². The molecule has 0 saturated heterocycles. The second-order valence-corrected chi connectivity index (χ2v) is 6.41. The first-order valence-electron chi connectivity index (χ1n) is 6.97. The van der Waals surface area contributed by atoms with Crippen molar-refractivity contribution in [3.8, 4) is 0 Å². The van der Waals surface area contributed by atoms with Crippen LogP contribution in [0.25, 0.3) is 0 Å². The zero-order chi connectivity index (χ0) is 14.3. The predicted molar refractivity (Wildman–Crippen MR) is 83.5 cm³/mol. The molecule has 0 radical (unpaired) electrons. The zero-order valence-corrected chi connectivity index (χ0v) is 13.2. The van der Waals surface area contributed by atoms with E-state index in [9.17, 15) is 0 Å². The summed E-state index contributed by atoms with van der Waals surface area (Å²) in [6, 6.07) is 8.49. The Morgan fingerprint density at radius 2 is 2.10 bits per heavy atom. The fourth-order valence-electron chi connectivity index (χ4n) is 3.15. The van der Waals surface area contributed by atoms with Crippen LogP contribution in [-0.4, -0.2) is 9.78 Å². The van der Waals surface area contributed by atoms with E-state index < -0.39 is 0 Å². The summed E-state index contributed by atoms with van der Waals surface area (Å²) in [7, 11) is 1.88. The maximum absolute atomic E-state index is 6.70. The van der Waals surface area contributed by atoms with E-state index >= 15 is 0 Å². The smallest absolute Gasteiger partial charge is 0.130 e. The number of rotatable bonds is 2. The van der Waals surface area contributed by atoms with E-state index in [1.807, 2.05) is 14.0 Å². The maximum Gasteiger partial charge on any atom is 0.130 e. The molecule has 0 spiro atoms. The minimum absolute atomic E-state index is 0.0654. The Hall–Kier alpha value is -0.990. The number of halogens is 2. The Labute approximate surface area is 129 Å². The van der Waals surface area contributed by atoms with Crippen LogP contribution >= 0.6 is 23.2 Å². The van der Waals surface area contributed by atoms with Gasteiger partial charge in [0.05, 0.1) is 11.1 Å². The third kappa shape index (κ3) is 2.36. The van der Waals surface area contributed by atoms with Gasteiger partial charge in [-0.3, -0.25) is 4.68 Å². The lowest BCUT2D eigenvalue weighted by molar-refractivity contribution is 0.441. The number of alkyl halides is 1. The summed E-state index contributed by atoms with van der Waals surface area (Å²) in [6.45, 7) is 2.02. The average Bonchev–Trinajstić information content (AvgIpc) is 2.68. The summed E-state index contributed by atoms with van der Waals surface area (Å²) in [5.74, 6) is 0.423. The van der Waals surface area contributed by atoms with Gasteiger partial charge in [0.15, 0.2) is 0 Å². The van der Waals surface area contributed by atoms with Crippen molar-refractivity contribution in [2.45, 2.75) is 31.6 Å². The third-order valence-electron chi connectivity index (χ3n) is 4.29. The van der Waals surface area contributed by atoms with Crippen molar-refractivity contribution >= 4 is 23.2 Å². The molecule has 20 heavy (non-hydrogen) atoms. The maximum atomic E-state index is 6.70. The van der Waals surface area contributed by atoms with Gasteiger partial charge < -0.3 is 0 Å². The van der Waals surface area contributed by atoms with Crippen LogP contribution in [0.4, 0.5) is 0 Å². The molecule has 0 aliphatic heterocycles. The number of hydrogen-bond donors (Lipinski definition) is 0. The van der Waals surface area contributed by atoms with E-state index in [2.05, 4.69) is 29.4 Å². The van der Waals surface area contributed by atoms with Gasteiger partial charge in [-0.15, -0.1) is 11.6 Å². The van der Waals surface area contributed by atoms with Gasteiger partial charge >= 0.3 is 0 Å². The van der Waals surface area contributed by atoms with Crippen LogP contribution in [0.2, 0.25) is 5.15 Å². The molecule has 2 atom stereocenters. The minimum Gasteiger partial charge on any atom is -0.257 e. The molecule has 2 nitrogen and oxygen atoms in total. The number of benzene rings is 1. The van der Waals surface area contributed by atoms with Gasteiger partial charge in [-0.2, -0.15) is 5.10 Å². The Morgan fingerprint density at radius 3 is 2.80 bits per heavy atom. The SMILES string of the molecule is Cc1nn(C)c(Cl)c1CC1CCc2ccccc2C1Cl. The highest BCUT2D eigenvalue weighted by atomic mass is 35.5. The molecule has 4 heteroatoms. The molecule has 0 amide bonds. The predicted octanol–water partition coefficient (Wildman–Crippen LogP) is 4.47. The summed E-state index contributed by atoms with van der Waals surface area (Å²) >= 11 is 13.0. The van der Waals surface area contributed by atoms with Crippen LogP contribution in [0.15, 0.2) is 24.3 Å². The highest BCUT2D eigenvalue weighted by molar-refractivity contribution is 6.30. The molecule has 0 saturated carbocycles. The summed E-state index contributed by atoms with van der Waals surface area (Å²) in [5.41, 5.74) is 4.82. The lowest BCUT2D eigenvalue weighted by Crippen LogP contribution is -2.19. The second kappa shape index (κ2) is 5.42. The number of nitrogens with zero attached hydrogens (tertiary/aromatic N) is 2. The van der Waals surface area contributed by atoms with Crippen molar-refractivity contribution in [3.63, 3.8) is 0 Å². The molecule has 3 rings (SSSR count). The van der Waals surface area contributed by atoms with E-state index in [-0.39, 0.29) is 5.38 Å². The lowest BCUT2D eigenvalue weighted by atomic mass is 9.80. The highest BCUT2D eigenvalue weighted by Crippen LogP contribution is 2.41. The Balaban J connectivity index is 1.86. The fraction of sp³-hybridized carbons (Fsp3) is 0.438. The van der Waals surface area contributed by atoms with Gasteiger partial charge in [0.25, 0.3) is 0 Å². The highest BCUT2D eigenvalue weighted by Gasteiger charge is 2.29. The van der Waals surface area contributed by atoms with Gasteiger partial charge in [-0.1, -0.05) is 35.9 Å². The molecule has 0 bridgehead atoms. The largest absolute Gasteiger partial charge is 0.257 e. The molecule has 106 valence electrons. The first-order valence-corrected chi connectivity index (χ1v) is 7.79. The second-order valence-electron chi connectivity index (χ2n) is 5.58. The van der Waals surface area contributed by atoms with Crippen molar-refractivity contribution in [1.29, 1.82) is 0 Å². The molecule has 1 aliphatic carbocycles. The van der Waals surface area contributed by atoms with Crippen molar-refractivity contribution in [2.75, 3.05) is 0 Å². The Morgan fingerprint density at radius 1 is 1.35 bits per heavy atom. The number of hydrogen-bond acceptors (Lipinski definition) is 1. The molecule has 0 N–H and O–H groups in total. The molecule has 2 unspecified atom stereocenters. The molecule has 1 heterocycles. The number of fused-ring (bicyclic) bond motifs is 1. The molecular formula is C16H18Cl2N2. The first-order chi connectivity index (χ1) is 9.58. The average molecular weight is 309 g/mol. The van der Waals surface area contributed by atoms with E-state index in [1.165, 1.54) is 11.1 Å². The third-order valence-corrected chi connectivity index (χ3v) is 5.35. The first kappa shape index (κ1) is 14.0. The summed E-state index contributed by atoms with van der Waals surface area (Å²) < 4.78 is 1.74. The van der Waals surface area contributed by atoms with E-state index in [1.54, 1.807) is 4.68 Å². The summed E-state index contributed by atoms with van der Waals surface area (Å²) in [4.78, 5) is 0. The van der Waals surface area contributed by atoms with Crippen LogP contribution in [0, 0.1) is 12.8 Å².